The molecule has 0 nitrogen and oxygen atoms in total. The molecule has 0 aliphatic carbocycles. The Bertz CT molecular complexity index is 22.4. The van der Waals surface area contributed by atoms with E-state index < -0.39 is 2.63 Å². The van der Waals surface area contributed by atoms with E-state index in [4.69, 9.17) is 34.8 Å². The van der Waals surface area contributed by atoms with Crippen LogP contribution in [0.1, 0.15) is 0 Å². The SMILES string of the molecule is Cl[C](Cl)(Cl)[GeH3]. The fraction of sp³-hybridized carbons (Fsp3) is 1.00. The Balaban J connectivity index is 3.02. The van der Waals surface area contributed by atoms with Crippen molar-refractivity contribution in [3.8, 4) is 0 Å². The first-order valence-corrected chi connectivity index (χ1v) is 4.30. The van der Waals surface area contributed by atoms with Crippen LogP contribution < -0.4 is 0 Å². The first-order valence-electron chi connectivity index (χ1n) is 1.07. The summed E-state index contributed by atoms with van der Waals surface area (Å²) in [5.41, 5.74) is 0. The van der Waals surface area contributed by atoms with Crippen LogP contribution in [0, 0.1) is 0 Å². The fourth-order valence-electron chi connectivity index (χ4n) is 0. The van der Waals surface area contributed by atoms with E-state index in [1.807, 2.05) is 0 Å². The van der Waals surface area contributed by atoms with E-state index in [1.54, 1.807) is 0 Å². The number of halogens is 3. The molecule has 0 rings (SSSR count). The average molecular weight is 194 g/mol. The summed E-state index contributed by atoms with van der Waals surface area (Å²) in [6.45, 7) is 0. The Morgan fingerprint density at radius 3 is 1.20 bits per heavy atom. The van der Waals surface area contributed by atoms with Gasteiger partial charge in [-0.1, -0.05) is 0 Å². The molecule has 0 spiro atoms. The van der Waals surface area contributed by atoms with Crippen LogP contribution >= 0.6 is 34.8 Å². The van der Waals surface area contributed by atoms with Gasteiger partial charge in [0.05, 0.1) is 0 Å². The van der Waals surface area contributed by atoms with Gasteiger partial charge in [-0.3, -0.25) is 0 Å². The molecular weight excluding hydrogens is 191 g/mol. The number of rotatable bonds is 0. The maximum absolute atomic E-state index is 5.14. The Kier molecular flexibility index (Phi) is 2.46. The van der Waals surface area contributed by atoms with Gasteiger partial charge in [-0.2, -0.15) is 0 Å². The van der Waals surface area contributed by atoms with Crippen molar-refractivity contribution in [1.29, 1.82) is 0 Å². The minimum absolute atomic E-state index is 0.296. The van der Waals surface area contributed by atoms with E-state index in [0.717, 1.165) is 0 Å². The van der Waals surface area contributed by atoms with Crippen LogP contribution in [0.5, 0.6) is 0 Å². The monoisotopic (exact) mass is 194 g/mol. The van der Waals surface area contributed by atoms with Crippen molar-refractivity contribution >= 4 is 51.3 Å². The summed E-state index contributed by atoms with van der Waals surface area (Å²) in [6.07, 6.45) is 0. The topological polar surface area (TPSA) is 0 Å². The normalized spacial score (nSPS) is 12.6. The Morgan fingerprint density at radius 1 is 1.20 bits per heavy atom. The van der Waals surface area contributed by atoms with Crippen LogP contribution in [-0.4, -0.2) is 19.1 Å². The first kappa shape index (κ1) is 6.41. The van der Waals surface area contributed by atoms with Gasteiger partial charge in [0.25, 0.3) is 0 Å². The molecule has 0 aliphatic heterocycles. The molecule has 0 N–H and O–H groups in total. The molecule has 0 fully saturated rings. The van der Waals surface area contributed by atoms with Crippen LogP contribution in [0.25, 0.3) is 0 Å². The molecule has 0 aromatic heterocycles. The molecular formula is CH3Cl3Ge. The predicted molar refractivity (Wildman–Crippen MR) is 30.2 cm³/mol. The summed E-state index contributed by atoms with van der Waals surface area (Å²) < 4.78 is -0.896. The van der Waals surface area contributed by atoms with Crippen molar-refractivity contribution in [2.75, 3.05) is 0 Å². The predicted octanol–water partition coefficient (Wildman–Crippen LogP) is 0.679. The molecule has 0 aliphatic rings. The Morgan fingerprint density at radius 2 is 1.20 bits per heavy atom. The van der Waals surface area contributed by atoms with Gasteiger partial charge >= 0.3 is 53.9 Å². The Hall–Kier alpha value is 1.41. The molecule has 4 heteroatoms. The van der Waals surface area contributed by atoms with Crippen LogP contribution in [0.2, 0.25) is 0 Å². The van der Waals surface area contributed by atoms with Crippen molar-refractivity contribution in [3.63, 3.8) is 0 Å². The van der Waals surface area contributed by atoms with Crippen molar-refractivity contribution in [2.45, 2.75) is 2.63 Å². The van der Waals surface area contributed by atoms with Crippen molar-refractivity contribution in [3.05, 3.63) is 0 Å². The van der Waals surface area contributed by atoms with Gasteiger partial charge in [-0.15, -0.1) is 0 Å². The van der Waals surface area contributed by atoms with Gasteiger partial charge < -0.3 is 0 Å². The average Bonchev–Trinajstić information content (AvgIpc) is 0.722. The second kappa shape index (κ2) is 1.92. The second-order valence-electron chi connectivity index (χ2n) is 0.781. The molecule has 32 valence electrons. The maximum atomic E-state index is 5.14. The third-order valence-corrected chi connectivity index (χ3v) is 0. The summed E-state index contributed by atoms with van der Waals surface area (Å²) in [5, 5.41) is 0. The summed E-state index contributed by atoms with van der Waals surface area (Å²) in [4.78, 5) is 0. The zero-order chi connectivity index (χ0) is 4.50. The first-order chi connectivity index (χ1) is 2.00. The van der Waals surface area contributed by atoms with Gasteiger partial charge in [0.15, 0.2) is 0 Å². The molecule has 5 heavy (non-hydrogen) atoms. The number of hydrogen-bond donors (Lipinski definition) is 0. The van der Waals surface area contributed by atoms with Gasteiger partial charge in [0.2, 0.25) is 0 Å². The van der Waals surface area contributed by atoms with Gasteiger partial charge in [0.1, 0.15) is 0 Å². The molecule has 0 atom stereocenters. The minimum atomic E-state index is -0.896. The van der Waals surface area contributed by atoms with Crippen LogP contribution in [-0.2, 0) is 0 Å². The Labute approximate surface area is 54.0 Å². The van der Waals surface area contributed by atoms with E-state index in [9.17, 15) is 0 Å². The molecule has 0 bridgehead atoms. The quantitative estimate of drug-likeness (QED) is 0.393. The molecule has 0 amide bonds. The van der Waals surface area contributed by atoms with E-state index in [1.165, 1.54) is 0 Å². The second-order valence-corrected chi connectivity index (χ2v) is 10.8. The van der Waals surface area contributed by atoms with Crippen LogP contribution in [0.15, 0.2) is 0 Å². The molecule has 0 radical (unpaired) electrons. The zero-order valence-corrected chi connectivity index (χ0v) is 9.10. The van der Waals surface area contributed by atoms with E-state index in [-0.39, 0.29) is 0 Å². The summed E-state index contributed by atoms with van der Waals surface area (Å²) in [7, 11) is 0. The van der Waals surface area contributed by atoms with Crippen molar-refractivity contribution < 1.29 is 0 Å². The standard InChI is InChI=1S/CH3Cl3Ge/c2-1(3,4)5/h5H3. The van der Waals surface area contributed by atoms with Crippen molar-refractivity contribution in [2.24, 2.45) is 0 Å². The van der Waals surface area contributed by atoms with Crippen molar-refractivity contribution in [1.82, 2.24) is 0 Å². The van der Waals surface area contributed by atoms with Crippen LogP contribution in [0.3, 0.4) is 0 Å². The fourth-order valence-corrected chi connectivity index (χ4v) is 0. The summed E-state index contributed by atoms with van der Waals surface area (Å²) in [5.74, 6) is 0. The molecule has 0 unspecified atom stereocenters. The summed E-state index contributed by atoms with van der Waals surface area (Å²) in [6, 6.07) is 0. The van der Waals surface area contributed by atoms with Gasteiger partial charge in [-0.05, 0) is 0 Å². The van der Waals surface area contributed by atoms with Gasteiger partial charge in [0, 0.05) is 0 Å². The molecule has 0 saturated carbocycles. The zero-order valence-electron chi connectivity index (χ0n) is 2.63. The molecule has 0 aromatic rings. The van der Waals surface area contributed by atoms with E-state index in [2.05, 4.69) is 0 Å². The molecule has 0 saturated heterocycles. The number of hydrogen-bond acceptors (Lipinski definition) is 0. The molecule has 0 aromatic carbocycles. The van der Waals surface area contributed by atoms with Crippen LogP contribution in [0.4, 0.5) is 0 Å². The third-order valence-electron chi connectivity index (χ3n) is 0. The third kappa shape index (κ3) is 31.6. The van der Waals surface area contributed by atoms with E-state index in [0.29, 0.717) is 16.5 Å². The molecule has 0 heterocycles. The summed E-state index contributed by atoms with van der Waals surface area (Å²) >= 11 is 15.7. The van der Waals surface area contributed by atoms with E-state index >= 15 is 0 Å². The number of alkyl halides is 3. The van der Waals surface area contributed by atoms with Gasteiger partial charge in [-0.25, -0.2) is 0 Å².